The van der Waals surface area contributed by atoms with E-state index in [1.54, 1.807) is 12.1 Å². The van der Waals surface area contributed by atoms with Gasteiger partial charge in [-0.05, 0) is 47.0 Å². The number of nitrogens with one attached hydrogen (secondary N) is 2. The maximum atomic E-state index is 11.8. The lowest BCUT2D eigenvalue weighted by Crippen LogP contribution is -2.37. The number of rotatable bonds is 6. The van der Waals surface area contributed by atoms with Crippen molar-refractivity contribution in [3.63, 3.8) is 0 Å². The summed E-state index contributed by atoms with van der Waals surface area (Å²) in [6.07, 6.45) is 2.78. The molecule has 0 heterocycles. The number of hydrogen-bond donors (Lipinski definition) is 3. The average Bonchev–Trinajstić information content (AvgIpc) is 2.40. The fraction of sp³-hybridized carbons (Fsp3) is 0.429. The van der Waals surface area contributed by atoms with Crippen molar-refractivity contribution in [3.05, 3.63) is 28.2 Å². The quantitative estimate of drug-likeness (QED) is 0.734. The summed E-state index contributed by atoms with van der Waals surface area (Å²) in [5, 5.41) is 14.5. The van der Waals surface area contributed by atoms with Crippen LogP contribution in [-0.4, -0.2) is 23.1 Å². The third-order valence-corrected chi connectivity index (χ3v) is 3.61. The summed E-state index contributed by atoms with van der Waals surface area (Å²) in [6.45, 7) is 4.08. The van der Waals surface area contributed by atoms with Gasteiger partial charge in [0, 0.05) is 16.2 Å². The van der Waals surface area contributed by atoms with Crippen LogP contribution < -0.4 is 10.6 Å². The maximum Gasteiger partial charge on any atom is 0.336 e. The molecule has 0 aliphatic rings. The third kappa shape index (κ3) is 4.85. The standard InChI is InChI=1S/C14H19BrN2O3/c1-3-5-9(4-2)16-14(20)17-10-6-7-12(15)11(8-10)13(18)19/h6-9H,3-5H2,1-2H3,(H,18,19)(H2,16,17,20). The molecule has 1 unspecified atom stereocenters. The van der Waals surface area contributed by atoms with Crippen LogP contribution in [0.25, 0.3) is 0 Å². The van der Waals surface area contributed by atoms with E-state index in [2.05, 4.69) is 33.5 Å². The number of carbonyl (C=O) groups is 2. The Morgan fingerprint density at radius 1 is 1.35 bits per heavy atom. The van der Waals surface area contributed by atoms with Gasteiger partial charge in [0.25, 0.3) is 0 Å². The normalized spacial score (nSPS) is 11.8. The molecule has 0 aliphatic carbocycles. The zero-order chi connectivity index (χ0) is 15.1. The first-order chi connectivity index (χ1) is 9.47. The lowest BCUT2D eigenvalue weighted by molar-refractivity contribution is 0.0696. The third-order valence-electron chi connectivity index (χ3n) is 2.92. The highest BCUT2D eigenvalue weighted by Gasteiger charge is 2.12. The fourth-order valence-corrected chi connectivity index (χ4v) is 2.26. The minimum Gasteiger partial charge on any atom is -0.478 e. The molecule has 6 heteroatoms. The van der Waals surface area contributed by atoms with E-state index in [1.165, 1.54) is 6.07 Å². The maximum absolute atomic E-state index is 11.8. The van der Waals surface area contributed by atoms with E-state index in [0.29, 0.717) is 10.2 Å². The monoisotopic (exact) mass is 342 g/mol. The van der Waals surface area contributed by atoms with E-state index in [-0.39, 0.29) is 17.6 Å². The SMILES string of the molecule is CCCC(CC)NC(=O)Nc1ccc(Br)c(C(=O)O)c1. The van der Waals surface area contributed by atoms with Crippen molar-refractivity contribution >= 4 is 33.6 Å². The molecular formula is C14H19BrN2O3. The molecule has 0 aliphatic heterocycles. The molecule has 110 valence electrons. The molecule has 0 saturated heterocycles. The molecule has 1 aromatic rings. The number of anilines is 1. The lowest BCUT2D eigenvalue weighted by atomic mass is 10.1. The molecule has 1 atom stereocenters. The largest absolute Gasteiger partial charge is 0.478 e. The Labute approximate surface area is 126 Å². The molecule has 1 rings (SSSR count). The molecule has 5 nitrogen and oxygen atoms in total. The molecule has 0 bridgehead atoms. The van der Waals surface area contributed by atoms with Gasteiger partial charge in [0.2, 0.25) is 0 Å². The van der Waals surface area contributed by atoms with Crippen LogP contribution in [0.15, 0.2) is 22.7 Å². The Morgan fingerprint density at radius 3 is 2.60 bits per heavy atom. The van der Waals surface area contributed by atoms with Crippen molar-refractivity contribution < 1.29 is 14.7 Å². The first-order valence-electron chi connectivity index (χ1n) is 6.58. The van der Waals surface area contributed by atoms with Gasteiger partial charge in [0.15, 0.2) is 0 Å². The highest BCUT2D eigenvalue weighted by molar-refractivity contribution is 9.10. The molecule has 0 fully saturated rings. The van der Waals surface area contributed by atoms with Crippen molar-refractivity contribution in [2.75, 3.05) is 5.32 Å². The summed E-state index contributed by atoms with van der Waals surface area (Å²) >= 11 is 3.16. The summed E-state index contributed by atoms with van der Waals surface area (Å²) in [5.74, 6) is -1.04. The van der Waals surface area contributed by atoms with Crippen LogP contribution >= 0.6 is 15.9 Å². The second kappa shape index (κ2) is 7.89. The van der Waals surface area contributed by atoms with Crippen LogP contribution in [0.1, 0.15) is 43.5 Å². The lowest BCUT2D eigenvalue weighted by Gasteiger charge is -2.16. The second-order valence-corrected chi connectivity index (χ2v) is 5.35. The predicted molar refractivity (Wildman–Crippen MR) is 82.2 cm³/mol. The van der Waals surface area contributed by atoms with Crippen molar-refractivity contribution in [1.82, 2.24) is 5.32 Å². The highest BCUT2D eigenvalue weighted by atomic mass is 79.9. The summed E-state index contributed by atoms with van der Waals surface area (Å²) in [6, 6.07) is 4.49. The van der Waals surface area contributed by atoms with Crippen molar-refractivity contribution in [3.8, 4) is 0 Å². The van der Waals surface area contributed by atoms with Gasteiger partial charge in [-0.2, -0.15) is 0 Å². The summed E-state index contributed by atoms with van der Waals surface area (Å²) < 4.78 is 0.480. The van der Waals surface area contributed by atoms with Gasteiger partial charge >= 0.3 is 12.0 Å². The molecule has 3 N–H and O–H groups in total. The first kappa shape index (κ1) is 16.5. The highest BCUT2D eigenvalue weighted by Crippen LogP contribution is 2.21. The molecule has 0 radical (unpaired) electrons. The molecule has 2 amide bonds. The Balaban J connectivity index is 2.71. The van der Waals surface area contributed by atoms with Crippen LogP contribution in [0.2, 0.25) is 0 Å². The van der Waals surface area contributed by atoms with E-state index < -0.39 is 5.97 Å². The van der Waals surface area contributed by atoms with Gasteiger partial charge in [-0.15, -0.1) is 0 Å². The molecular weight excluding hydrogens is 324 g/mol. The Morgan fingerprint density at radius 2 is 2.05 bits per heavy atom. The van der Waals surface area contributed by atoms with Gasteiger partial charge in [-0.3, -0.25) is 0 Å². The van der Waals surface area contributed by atoms with Crippen molar-refractivity contribution in [2.24, 2.45) is 0 Å². The van der Waals surface area contributed by atoms with Crippen LogP contribution in [0.3, 0.4) is 0 Å². The van der Waals surface area contributed by atoms with E-state index >= 15 is 0 Å². The van der Waals surface area contributed by atoms with Crippen molar-refractivity contribution in [2.45, 2.75) is 39.2 Å². The average molecular weight is 343 g/mol. The van der Waals surface area contributed by atoms with Crippen molar-refractivity contribution in [1.29, 1.82) is 0 Å². The van der Waals surface area contributed by atoms with Gasteiger partial charge in [0.1, 0.15) is 0 Å². The van der Waals surface area contributed by atoms with Crippen LogP contribution in [-0.2, 0) is 0 Å². The zero-order valence-corrected chi connectivity index (χ0v) is 13.2. The number of carbonyl (C=O) groups excluding carboxylic acids is 1. The Bertz CT molecular complexity index is 491. The number of hydrogen-bond acceptors (Lipinski definition) is 2. The van der Waals surface area contributed by atoms with Gasteiger partial charge in [-0.1, -0.05) is 20.3 Å². The zero-order valence-electron chi connectivity index (χ0n) is 11.6. The number of carboxylic acid groups (broad SMARTS) is 1. The topological polar surface area (TPSA) is 78.4 Å². The van der Waals surface area contributed by atoms with Gasteiger partial charge < -0.3 is 15.7 Å². The molecule has 0 aromatic heterocycles. The van der Waals surface area contributed by atoms with Gasteiger partial charge in [-0.25, -0.2) is 9.59 Å². The fourth-order valence-electron chi connectivity index (χ4n) is 1.85. The summed E-state index contributed by atoms with van der Waals surface area (Å²) in [7, 11) is 0. The minimum atomic E-state index is -1.04. The first-order valence-corrected chi connectivity index (χ1v) is 7.37. The molecule has 0 spiro atoms. The molecule has 20 heavy (non-hydrogen) atoms. The van der Waals surface area contributed by atoms with Crippen LogP contribution in [0.5, 0.6) is 0 Å². The minimum absolute atomic E-state index is 0.114. The molecule has 0 saturated carbocycles. The summed E-state index contributed by atoms with van der Waals surface area (Å²) in [5.41, 5.74) is 0.567. The van der Waals surface area contributed by atoms with Crippen LogP contribution in [0.4, 0.5) is 10.5 Å². The number of amides is 2. The van der Waals surface area contributed by atoms with E-state index in [9.17, 15) is 9.59 Å². The molecule has 1 aromatic carbocycles. The van der Waals surface area contributed by atoms with E-state index in [0.717, 1.165) is 19.3 Å². The number of halogens is 1. The van der Waals surface area contributed by atoms with Gasteiger partial charge in [0.05, 0.1) is 5.56 Å². The predicted octanol–water partition coefficient (Wildman–Crippen LogP) is 3.85. The Kier molecular flexibility index (Phi) is 6.51. The number of aromatic carboxylic acids is 1. The number of benzene rings is 1. The Hall–Kier alpha value is -1.56. The van der Waals surface area contributed by atoms with E-state index in [1.807, 2.05) is 6.92 Å². The van der Waals surface area contributed by atoms with Crippen LogP contribution in [0, 0.1) is 0 Å². The van der Waals surface area contributed by atoms with E-state index in [4.69, 9.17) is 5.11 Å². The number of urea groups is 1. The smallest absolute Gasteiger partial charge is 0.336 e. The number of carboxylic acids is 1. The summed E-state index contributed by atoms with van der Waals surface area (Å²) in [4.78, 5) is 22.9. The second-order valence-electron chi connectivity index (χ2n) is 4.49.